The second kappa shape index (κ2) is 4.42. The number of carbonyl (C=O) groups is 1. The van der Waals surface area contributed by atoms with E-state index in [1.165, 1.54) is 12.1 Å². The van der Waals surface area contributed by atoms with Crippen LogP contribution in [0.1, 0.15) is 10.4 Å². The van der Waals surface area contributed by atoms with E-state index in [0.29, 0.717) is 10.8 Å². The molecule has 0 aliphatic carbocycles. The van der Waals surface area contributed by atoms with Crippen molar-refractivity contribution in [1.82, 2.24) is 0 Å². The van der Waals surface area contributed by atoms with Gasteiger partial charge in [0.15, 0.2) is 0 Å². The first kappa shape index (κ1) is 12.6. The second-order valence-corrected chi connectivity index (χ2v) is 4.71. The van der Waals surface area contributed by atoms with Crippen LogP contribution in [0.5, 0.6) is 5.75 Å². The maximum Gasteiger partial charge on any atom is 0.524 e. The molecule has 0 bridgehead atoms. The topological polar surface area (TPSA) is 104 Å². The maximum atomic E-state index is 11.2. The molecule has 0 radical (unpaired) electrons. The minimum atomic E-state index is -4.80. The van der Waals surface area contributed by atoms with Gasteiger partial charge in [-0.25, -0.2) is 9.36 Å². The summed E-state index contributed by atoms with van der Waals surface area (Å²) in [4.78, 5) is 28.7. The van der Waals surface area contributed by atoms with Crippen molar-refractivity contribution in [3.05, 3.63) is 42.0 Å². The van der Waals surface area contributed by atoms with Crippen molar-refractivity contribution < 1.29 is 28.8 Å². The zero-order valence-corrected chi connectivity index (χ0v) is 9.87. The van der Waals surface area contributed by atoms with Crippen LogP contribution in [0.25, 0.3) is 10.8 Å². The maximum absolute atomic E-state index is 11.2. The average molecular weight is 268 g/mol. The van der Waals surface area contributed by atoms with Gasteiger partial charge in [0.1, 0.15) is 11.3 Å². The van der Waals surface area contributed by atoms with Gasteiger partial charge in [-0.15, -0.1) is 0 Å². The SMILES string of the molecule is O=C(O)c1c(OP(=O)(O)O)ccc2ccccc12. The smallest absolute Gasteiger partial charge is 0.478 e. The van der Waals surface area contributed by atoms with Crippen molar-refractivity contribution in [2.75, 3.05) is 0 Å². The van der Waals surface area contributed by atoms with Crippen molar-refractivity contribution in [3.8, 4) is 5.75 Å². The summed E-state index contributed by atoms with van der Waals surface area (Å²) in [5.74, 6) is -1.66. The van der Waals surface area contributed by atoms with Gasteiger partial charge in [-0.1, -0.05) is 30.3 Å². The molecule has 0 heterocycles. The van der Waals surface area contributed by atoms with E-state index in [1.54, 1.807) is 24.3 Å². The van der Waals surface area contributed by atoms with E-state index in [4.69, 9.17) is 14.9 Å². The summed E-state index contributed by atoms with van der Waals surface area (Å²) in [6.07, 6.45) is 0. The predicted octanol–water partition coefficient (Wildman–Crippen LogP) is 2.01. The number of phosphoric acid groups is 1. The first-order valence-corrected chi connectivity index (χ1v) is 6.42. The van der Waals surface area contributed by atoms with Crippen LogP contribution >= 0.6 is 7.82 Å². The standard InChI is InChI=1S/C11H9O6P/c12-11(13)10-8-4-2-1-3-7(8)5-6-9(10)17-18(14,15)16/h1-6H,(H,12,13)(H2,14,15,16). The number of hydrogen-bond acceptors (Lipinski definition) is 3. The number of phosphoric ester groups is 1. The molecule has 0 unspecified atom stereocenters. The molecule has 0 aliphatic rings. The Morgan fingerprint density at radius 1 is 1.11 bits per heavy atom. The Morgan fingerprint density at radius 2 is 1.78 bits per heavy atom. The zero-order chi connectivity index (χ0) is 13.3. The minimum Gasteiger partial charge on any atom is -0.478 e. The van der Waals surface area contributed by atoms with Crippen LogP contribution < -0.4 is 4.52 Å². The number of hydrogen-bond donors (Lipinski definition) is 3. The fraction of sp³-hybridized carbons (Fsp3) is 0. The highest BCUT2D eigenvalue weighted by molar-refractivity contribution is 7.46. The first-order valence-electron chi connectivity index (χ1n) is 4.89. The number of aromatic carboxylic acids is 1. The zero-order valence-electron chi connectivity index (χ0n) is 8.98. The molecular weight excluding hydrogens is 259 g/mol. The Hall–Kier alpha value is -1.88. The third-order valence-electron chi connectivity index (χ3n) is 2.32. The molecule has 94 valence electrons. The molecule has 2 aromatic rings. The highest BCUT2D eigenvalue weighted by atomic mass is 31.2. The molecule has 0 atom stereocenters. The van der Waals surface area contributed by atoms with Crippen LogP contribution in [0.2, 0.25) is 0 Å². The van der Waals surface area contributed by atoms with Gasteiger partial charge >= 0.3 is 13.8 Å². The number of fused-ring (bicyclic) bond motifs is 1. The first-order chi connectivity index (χ1) is 8.38. The van der Waals surface area contributed by atoms with Crippen molar-refractivity contribution in [2.24, 2.45) is 0 Å². The van der Waals surface area contributed by atoms with Crippen LogP contribution in [-0.2, 0) is 4.57 Å². The molecule has 0 spiro atoms. The lowest BCUT2D eigenvalue weighted by molar-refractivity contribution is 0.0697. The van der Waals surface area contributed by atoms with Crippen LogP contribution in [0.3, 0.4) is 0 Å². The second-order valence-electron chi connectivity index (χ2n) is 3.55. The Bertz CT molecular complexity index is 660. The van der Waals surface area contributed by atoms with Gasteiger partial charge in [0.2, 0.25) is 0 Å². The largest absolute Gasteiger partial charge is 0.524 e. The summed E-state index contributed by atoms with van der Waals surface area (Å²) >= 11 is 0. The Balaban J connectivity index is 2.71. The number of rotatable bonds is 3. The molecule has 0 aromatic heterocycles. The van der Waals surface area contributed by atoms with Crippen molar-refractivity contribution in [2.45, 2.75) is 0 Å². The van der Waals surface area contributed by atoms with E-state index in [2.05, 4.69) is 4.52 Å². The lowest BCUT2D eigenvalue weighted by Gasteiger charge is -2.11. The Morgan fingerprint density at radius 3 is 2.39 bits per heavy atom. The normalized spacial score (nSPS) is 11.4. The van der Waals surface area contributed by atoms with Crippen molar-refractivity contribution in [3.63, 3.8) is 0 Å². The molecule has 6 nitrogen and oxygen atoms in total. The van der Waals surface area contributed by atoms with E-state index in [9.17, 15) is 9.36 Å². The summed E-state index contributed by atoms with van der Waals surface area (Å²) in [5.41, 5.74) is -0.267. The monoisotopic (exact) mass is 268 g/mol. The van der Waals surface area contributed by atoms with E-state index < -0.39 is 13.8 Å². The molecule has 2 aromatic carbocycles. The minimum absolute atomic E-state index is 0.267. The van der Waals surface area contributed by atoms with E-state index in [1.807, 2.05) is 0 Å². The summed E-state index contributed by atoms with van der Waals surface area (Å²) in [6, 6.07) is 9.37. The average Bonchev–Trinajstić information content (AvgIpc) is 2.26. The molecule has 0 aliphatic heterocycles. The summed E-state index contributed by atoms with van der Waals surface area (Å²) in [5, 5.41) is 10.1. The lowest BCUT2D eigenvalue weighted by atomic mass is 10.0. The van der Waals surface area contributed by atoms with Crippen LogP contribution in [0, 0.1) is 0 Å². The molecule has 3 N–H and O–H groups in total. The third-order valence-corrected chi connectivity index (χ3v) is 2.76. The van der Waals surface area contributed by atoms with Gasteiger partial charge in [-0.3, -0.25) is 9.79 Å². The van der Waals surface area contributed by atoms with Gasteiger partial charge in [-0.2, -0.15) is 0 Å². The molecule has 18 heavy (non-hydrogen) atoms. The third kappa shape index (κ3) is 2.51. The van der Waals surface area contributed by atoms with Gasteiger partial charge < -0.3 is 9.63 Å². The van der Waals surface area contributed by atoms with Crippen LogP contribution in [0.15, 0.2) is 36.4 Å². The summed E-state index contributed by atoms with van der Waals surface area (Å²) < 4.78 is 15.2. The molecular formula is C11H9O6P. The van der Waals surface area contributed by atoms with E-state index in [-0.39, 0.29) is 11.3 Å². The van der Waals surface area contributed by atoms with Crippen LogP contribution in [-0.4, -0.2) is 20.9 Å². The van der Waals surface area contributed by atoms with Crippen LogP contribution in [0.4, 0.5) is 0 Å². The fourth-order valence-corrected chi connectivity index (χ4v) is 2.08. The molecule has 0 saturated carbocycles. The summed E-state index contributed by atoms with van der Waals surface area (Å²) in [7, 11) is -4.80. The molecule has 0 amide bonds. The number of carboxylic acid groups (broad SMARTS) is 1. The quantitative estimate of drug-likeness (QED) is 0.735. The number of carboxylic acids is 1. The fourth-order valence-electron chi connectivity index (χ4n) is 1.68. The Labute approximate surface area is 102 Å². The number of benzene rings is 2. The molecule has 0 saturated heterocycles. The lowest BCUT2D eigenvalue weighted by Crippen LogP contribution is -2.02. The molecule has 2 rings (SSSR count). The van der Waals surface area contributed by atoms with Crippen molar-refractivity contribution in [1.29, 1.82) is 0 Å². The molecule has 0 fully saturated rings. The predicted molar refractivity (Wildman–Crippen MR) is 63.6 cm³/mol. The molecule has 7 heteroatoms. The van der Waals surface area contributed by atoms with E-state index in [0.717, 1.165) is 0 Å². The van der Waals surface area contributed by atoms with Gasteiger partial charge in [0.05, 0.1) is 0 Å². The van der Waals surface area contributed by atoms with Gasteiger partial charge in [0.25, 0.3) is 0 Å². The van der Waals surface area contributed by atoms with Gasteiger partial charge in [-0.05, 0) is 16.8 Å². The summed E-state index contributed by atoms with van der Waals surface area (Å²) in [6.45, 7) is 0. The highest BCUT2D eigenvalue weighted by Crippen LogP contribution is 2.40. The highest BCUT2D eigenvalue weighted by Gasteiger charge is 2.22. The van der Waals surface area contributed by atoms with E-state index >= 15 is 0 Å². The van der Waals surface area contributed by atoms with Crippen molar-refractivity contribution >= 4 is 24.6 Å². The Kier molecular flexibility index (Phi) is 3.09. The van der Waals surface area contributed by atoms with Gasteiger partial charge in [0, 0.05) is 0 Å².